The van der Waals surface area contributed by atoms with Crippen molar-refractivity contribution in [2.24, 2.45) is 0 Å². The van der Waals surface area contributed by atoms with E-state index < -0.39 is 15.9 Å². The molecule has 32 heavy (non-hydrogen) atoms. The van der Waals surface area contributed by atoms with Crippen LogP contribution in [0.5, 0.6) is 0 Å². The Balaban J connectivity index is 1.69. The molecule has 1 heterocycles. The van der Waals surface area contributed by atoms with Crippen molar-refractivity contribution in [1.82, 2.24) is 10.2 Å². The van der Waals surface area contributed by atoms with Crippen LogP contribution in [0.1, 0.15) is 41.6 Å². The van der Waals surface area contributed by atoms with E-state index in [1.807, 2.05) is 6.92 Å². The van der Waals surface area contributed by atoms with Crippen LogP contribution in [0.15, 0.2) is 41.3 Å². The first-order chi connectivity index (χ1) is 15.2. The van der Waals surface area contributed by atoms with Crippen LogP contribution in [-0.4, -0.2) is 44.8 Å². The maximum absolute atomic E-state index is 12.8. The molecule has 0 atom stereocenters. The number of benzene rings is 2. The third-order valence-electron chi connectivity index (χ3n) is 5.26. The Morgan fingerprint density at radius 3 is 2.59 bits per heavy atom. The number of hydrogen-bond acceptors (Lipinski definition) is 4. The first-order valence-corrected chi connectivity index (χ1v) is 12.6. The van der Waals surface area contributed by atoms with Crippen LogP contribution in [0.2, 0.25) is 10.0 Å². The molecule has 0 unspecified atom stereocenters. The summed E-state index contributed by atoms with van der Waals surface area (Å²) in [5.41, 5.74) is 1.17. The van der Waals surface area contributed by atoms with Gasteiger partial charge >= 0.3 is 0 Å². The molecule has 1 saturated heterocycles. The monoisotopic (exact) mass is 497 g/mol. The number of carbonyl (C=O) groups excluding carboxylic acids is 2. The van der Waals surface area contributed by atoms with E-state index in [0.29, 0.717) is 30.2 Å². The number of anilines is 1. The maximum atomic E-state index is 12.8. The zero-order valence-corrected chi connectivity index (χ0v) is 20.0. The van der Waals surface area contributed by atoms with Crippen molar-refractivity contribution in [1.29, 1.82) is 0 Å². The average molecular weight is 498 g/mol. The molecule has 1 aliphatic heterocycles. The molecule has 7 nitrogen and oxygen atoms in total. The summed E-state index contributed by atoms with van der Waals surface area (Å²) >= 11 is 12.2. The smallest absolute Gasteiger partial charge is 0.261 e. The van der Waals surface area contributed by atoms with Crippen LogP contribution < -0.4 is 10.0 Å². The van der Waals surface area contributed by atoms with E-state index in [1.54, 1.807) is 17.0 Å². The van der Waals surface area contributed by atoms with Crippen molar-refractivity contribution < 1.29 is 18.0 Å². The molecule has 0 aromatic heterocycles. The molecule has 1 fully saturated rings. The van der Waals surface area contributed by atoms with Crippen molar-refractivity contribution in [2.45, 2.75) is 37.5 Å². The van der Waals surface area contributed by atoms with Gasteiger partial charge in [-0.1, -0.05) is 35.7 Å². The molecule has 0 radical (unpaired) electrons. The Morgan fingerprint density at radius 2 is 1.84 bits per heavy atom. The molecule has 2 aromatic carbocycles. The lowest BCUT2D eigenvalue weighted by Crippen LogP contribution is -2.38. The molecule has 0 aliphatic carbocycles. The average Bonchev–Trinajstić information content (AvgIpc) is 2.95. The summed E-state index contributed by atoms with van der Waals surface area (Å²) < 4.78 is 28.1. The Bertz CT molecular complexity index is 1120. The minimum absolute atomic E-state index is 0.0404. The van der Waals surface area contributed by atoms with Crippen molar-refractivity contribution in [2.75, 3.05) is 24.4 Å². The number of rotatable bonds is 7. The van der Waals surface area contributed by atoms with Gasteiger partial charge in [-0.15, -0.1) is 0 Å². The van der Waals surface area contributed by atoms with Gasteiger partial charge in [0.25, 0.3) is 15.9 Å². The third-order valence-corrected chi connectivity index (χ3v) is 7.37. The number of likely N-dealkylation sites (tertiary alicyclic amines) is 1. The number of aryl methyl sites for hydroxylation is 1. The number of hydrogen-bond donors (Lipinski definition) is 2. The molecular formula is C22H25Cl2N3O4S. The minimum atomic E-state index is -3.96. The highest BCUT2D eigenvalue weighted by molar-refractivity contribution is 7.92. The Morgan fingerprint density at radius 1 is 1.06 bits per heavy atom. The fourth-order valence-corrected chi connectivity index (χ4v) is 4.85. The third kappa shape index (κ3) is 6.15. The van der Waals surface area contributed by atoms with Gasteiger partial charge in [-0.3, -0.25) is 14.3 Å². The highest BCUT2D eigenvalue weighted by atomic mass is 35.5. The van der Waals surface area contributed by atoms with E-state index in [-0.39, 0.29) is 27.9 Å². The van der Waals surface area contributed by atoms with Gasteiger partial charge in [0.1, 0.15) is 0 Å². The molecular weight excluding hydrogens is 473 g/mol. The van der Waals surface area contributed by atoms with Gasteiger partial charge in [0.2, 0.25) is 5.91 Å². The summed E-state index contributed by atoms with van der Waals surface area (Å²) in [7, 11) is -3.96. The summed E-state index contributed by atoms with van der Waals surface area (Å²) in [5, 5.41) is 3.28. The van der Waals surface area contributed by atoms with E-state index in [0.717, 1.165) is 24.8 Å². The SMILES string of the molecule is Cc1ccc(NS(=O)(=O)c2ccc(Cl)c(C(=O)NCCN3CCCCCC3=O)c2)cc1Cl. The van der Waals surface area contributed by atoms with Crippen molar-refractivity contribution in [3.8, 4) is 0 Å². The van der Waals surface area contributed by atoms with Crippen LogP contribution in [-0.2, 0) is 14.8 Å². The van der Waals surface area contributed by atoms with Gasteiger partial charge in [-0.05, 0) is 55.7 Å². The topological polar surface area (TPSA) is 95.6 Å². The fourth-order valence-electron chi connectivity index (χ4n) is 3.39. The zero-order chi connectivity index (χ0) is 23.3. The number of sulfonamides is 1. The lowest BCUT2D eigenvalue weighted by Gasteiger charge is -2.20. The first-order valence-electron chi connectivity index (χ1n) is 10.3. The number of halogens is 2. The van der Waals surface area contributed by atoms with Gasteiger partial charge in [-0.25, -0.2) is 8.42 Å². The largest absolute Gasteiger partial charge is 0.350 e. The molecule has 0 spiro atoms. The summed E-state index contributed by atoms with van der Waals surface area (Å²) in [5.74, 6) is -0.419. The van der Waals surface area contributed by atoms with Crippen molar-refractivity contribution >= 4 is 50.7 Å². The van der Waals surface area contributed by atoms with E-state index in [1.165, 1.54) is 24.3 Å². The van der Waals surface area contributed by atoms with E-state index in [2.05, 4.69) is 10.0 Å². The highest BCUT2D eigenvalue weighted by Crippen LogP contribution is 2.25. The minimum Gasteiger partial charge on any atom is -0.350 e. The van der Waals surface area contributed by atoms with Crippen LogP contribution in [0.4, 0.5) is 5.69 Å². The van der Waals surface area contributed by atoms with Crippen LogP contribution in [0.3, 0.4) is 0 Å². The Hall–Kier alpha value is -2.29. The second kappa shape index (κ2) is 10.6. The first kappa shape index (κ1) is 24.4. The summed E-state index contributed by atoms with van der Waals surface area (Å²) in [4.78, 5) is 26.4. The summed E-state index contributed by atoms with van der Waals surface area (Å²) in [6.07, 6.45) is 3.39. The van der Waals surface area contributed by atoms with Crippen molar-refractivity contribution in [3.05, 3.63) is 57.6 Å². The summed E-state index contributed by atoms with van der Waals surface area (Å²) in [6, 6.07) is 8.75. The predicted octanol–water partition coefficient (Wildman–Crippen LogP) is 4.24. The van der Waals surface area contributed by atoms with Crippen molar-refractivity contribution in [3.63, 3.8) is 0 Å². The fraction of sp³-hybridized carbons (Fsp3) is 0.364. The number of amides is 2. The molecule has 0 bridgehead atoms. The molecule has 2 aromatic rings. The van der Waals surface area contributed by atoms with Gasteiger partial charge < -0.3 is 10.2 Å². The molecule has 2 amide bonds. The lowest BCUT2D eigenvalue weighted by atomic mass is 10.2. The molecule has 10 heteroatoms. The van der Waals surface area contributed by atoms with Crippen LogP contribution in [0.25, 0.3) is 0 Å². The highest BCUT2D eigenvalue weighted by Gasteiger charge is 2.20. The van der Waals surface area contributed by atoms with Gasteiger partial charge in [0.15, 0.2) is 0 Å². The van der Waals surface area contributed by atoms with Gasteiger partial charge in [-0.2, -0.15) is 0 Å². The lowest BCUT2D eigenvalue weighted by molar-refractivity contribution is -0.130. The molecule has 172 valence electrons. The maximum Gasteiger partial charge on any atom is 0.261 e. The normalized spacial score (nSPS) is 14.7. The van der Waals surface area contributed by atoms with E-state index in [9.17, 15) is 18.0 Å². The second-order valence-corrected chi connectivity index (χ2v) is 10.2. The van der Waals surface area contributed by atoms with E-state index >= 15 is 0 Å². The predicted molar refractivity (Wildman–Crippen MR) is 126 cm³/mol. The number of nitrogens with zero attached hydrogens (tertiary/aromatic N) is 1. The van der Waals surface area contributed by atoms with Crippen LogP contribution >= 0.6 is 23.2 Å². The molecule has 3 rings (SSSR count). The number of nitrogens with one attached hydrogen (secondary N) is 2. The molecule has 0 saturated carbocycles. The zero-order valence-electron chi connectivity index (χ0n) is 17.7. The Labute approximate surface area is 198 Å². The van der Waals surface area contributed by atoms with Crippen LogP contribution in [0, 0.1) is 6.92 Å². The van der Waals surface area contributed by atoms with E-state index in [4.69, 9.17) is 23.2 Å². The Kier molecular flexibility index (Phi) is 8.03. The van der Waals surface area contributed by atoms with Gasteiger partial charge in [0, 0.05) is 31.1 Å². The second-order valence-electron chi connectivity index (χ2n) is 7.66. The molecule has 1 aliphatic rings. The quantitative estimate of drug-likeness (QED) is 0.597. The summed E-state index contributed by atoms with van der Waals surface area (Å²) in [6.45, 7) is 3.14. The van der Waals surface area contributed by atoms with Gasteiger partial charge in [0.05, 0.1) is 21.2 Å². The number of carbonyl (C=O) groups is 2. The molecule has 2 N–H and O–H groups in total. The standard InChI is InChI=1S/C22H25Cl2N3O4S/c1-15-6-7-16(13-20(15)24)26-32(30,31)17-8-9-19(23)18(14-17)22(29)25-10-12-27-11-4-2-3-5-21(27)28/h6-9,13-14,26H,2-5,10-12H2,1H3,(H,25,29).